The Morgan fingerprint density at radius 3 is 2.59 bits per heavy atom. The maximum absolute atomic E-state index is 5.66. The van der Waals surface area contributed by atoms with Gasteiger partial charge in [-0.15, -0.1) is 0 Å². The van der Waals surface area contributed by atoms with E-state index in [2.05, 4.69) is 14.9 Å². The third kappa shape index (κ3) is 3.09. The highest BCUT2D eigenvalue weighted by atomic mass is 16.5. The summed E-state index contributed by atoms with van der Waals surface area (Å²) in [5.41, 5.74) is 7.42. The van der Waals surface area contributed by atoms with Crippen molar-refractivity contribution in [1.82, 2.24) is 15.0 Å². The van der Waals surface area contributed by atoms with E-state index in [1.807, 2.05) is 31.1 Å². The number of rotatable bonds is 3. The molecule has 2 aromatic rings. The van der Waals surface area contributed by atoms with Gasteiger partial charge >= 0.3 is 0 Å². The molecule has 2 aromatic heterocycles. The summed E-state index contributed by atoms with van der Waals surface area (Å²) in [4.78, 5) is 17.6. The number of aromatic nitrogens is 3. The molecule has 3 rings (SSSR count). The lowest BCUT2D eigenvalue weighted by atomic mass is 10.2. The van der Waals surface area contributed by atoms with Crippen LogP contribution in [-0.4, -0.2) is 55.4 Å². The standard InChI is InChI=1S/C15H20N6O/c1-20(2)14-9-12(11-3-4-13(16)17-10-11)18-15(19-14)21-5-7-22-8-6-21/h3-4,9-10H,5-8H2,1-2H3,(H2,16,17). The first kappa shape index (κ1) is 14.5. The summed E-state index contributed by atoms with van der Waals surface area (Å²) in [5, 5.41) is 0. The lowest BCUT2D eigenvalue weighted by Crippen LogP contribution is -2.37. The van der Waals surface area contributed by atoms with Crippen LogP contribution >= 0.6 is 0 Å². The first-order valence-corrected chi connectivity index (χ1v) is 7.24. The second-order valence-corrected chi connectivity index (χ2v) is 5.38. The third-order valence-corrected chi connectivity index (χ3v) is 3.54. The highest BCUT2D eigenvalue weighted by Gasteiger charge is 2.17. The molecule has 0 unspecified atom stereocenters. The van der Waals surface area contributed by atoms with Crippen LogP contribution in [0.25, 0.3) is 11.3 Å². The molecule has 0 aliphatic carbocycles. The molecule has 1 saturated heterocycles. The minimum Gasteiger partial charge on any atom is -0.384 e. The number of nitrogen functional groups attached to an aromatic ring is 1. The molecule has 1 aliphatic rings. The van der Waals surface area contributed by atoms with Gasteiger partial charge in [0.05, 0.1) is 18.9 Å². The molecule has 1 fully saturated rings. The smallest absolute Gasteiger partial charge is 0.228 e. The lowest BCUT2D eigenvalue weighted by Gasteiger charge is -2.28. The van der Waals surface area contributed by atoms with E-state index in [1.165, 1.54) is 0 Å². The molecule has 2 N–H and O–H groups in total. The van der Waals surface area contributed by atoms with Crippen LogP contribution < -0.4 is 15.5 Å². The molecule has 7 nitrogen and oxygen atoms in total. The Balaban J connectivity index is 2.01. The van der Waals surface area contributed by atoms with E-state index in [4.69, 9.17) is 15.5 Å². The number of pyridine rings is 1. The molecular weight excluding hydrogens is 280 g/mol. The van der Waals surface area contributed by atoms with Crippen molar-refractivity contribution in [2.24, 2.45) is 0 Å². The molecular formula is C15H20N6O. The van der Waals surface area contributed by atoms with E-state index in [9.17, 15) is 0 Å². The van der Waals surface area contributed by atoms with E-state index < -0.39 is 0 Å². The fraction of sp³-hybridized carbons (Fsp3) is 0.400. The van der Waals surface area contributed by atoms with E-state index in [-0.39, 0.29) is 0 Å². The molecule has 0 aromatic carbocycles. The SMILES string of the molecule is CN(C)c1cc(-c2ccc(N)nc2)nc(N2CCOCC2)n1. The van der Waals surface area contributed by atoms with Gasteiger partial charge in [0.2, 0.25) is 5.95 Å². The van der Waals surface area contributed by atoms with Crippen LogP contribution in [0, 0.1) is 0 Å². The Labute approximate surface area is 129 Å². The maximum atomic E-state index is 5.66. The highest BCUT2D eigenvalue weighted by Crippen LogP contribution is 2.24. The summed E-state index contributed by atoms with van der Waals surface area (Å²) in [5.74, 6) is 2.09. The van der Waals surface area contributed by atoms with Gasteiger partial charge in [0.1, 0.15) is 11.6 Å². The summed E-state index contributed by atoms with van der Waals surface area (Å²) in [6, 6.07) is 5.66. The topological polar surface area (TPSA) is 80.4 Å². The van der Waals surface area contributed by atoms with Gasteiger partial charge in [-0.2, -0.15) is 4.98 Å². The van der Waals surface area contributed by atoms with Crippen molar-refractivity contribution in [2.45, 2.75) is 0 Å². The normalized spacial score (nSPS) is 14.9. The Morgan fingerprint density at radius 2 is 1.95 bits per heavy atom. The number of morpholine rings is 1. The quantitative estimate of drug-likeness (QED) is 0.906. The molecule has 0 atom stereocenters. The molecule has 7 heteroatoms. The van der Waals surface area contributed by atoms with Crippen molar-refractivity contribution in [3.8, 4) is 11.3 Å². The average molecular weight is 300 g/mol. The van der Waals surface area contributed by atoms with Crippen molar-refractivity contribution in [3.63, 3.8) is 0 Å². The zero-order chi connectivity index (χ0) is 15.5. The number of anilines is 3. The minimum absolute atomic E-state index is 0.499. The van der Waals surface area contributed by atoms with Crippen LogP contribution in [0.5, 0.6) is 0 Å². The predicted octanol–water partition coefficient (Wildman–Crippen LogP) is 1.02. The number of hydrogen-bond acceptors (Lipinski definition) is 7. The van der Waals surface area contributed by atoms with Crippen LogP contribution in [0.1, 0.15) is 0 Å². The fourth-order valence-corrected chi connectivity index (χ4v) is 2.26. The van der Waals surface area contributed by atoms with Gasteiger partial charge < -0.3 is 20.3 Å². The molecule has 0 bridgehead atoms. The van der Waals surface area contributed by atoms with Gasteiger partial charge in [-0.05, 0) is 12.1 Å². The van der Waals surface area contributed by atoms with Gasteiger partial charge in [-0.25, -0.2) is 9.97 Å². The molecule has 22 heavy (non-hydrogen) atoms. The Bertz CT molecular complexity index is 637. The Hall–Kier alpha value is -2.41. The van der Waals surface area contributed by atoms with Gasteiger partial charge in [0.25, 0.3) is 0 Å². The van der Waals surface area contributed by atoms with E-state index >= 15 is 0 Å². The van der Waals surface area contributed by atoms with Crippen LogP contribution in [0.3, 0.4) is 0 Å². The molecule has 116 valence electrons. The Kier molecular flexibility index (Phi) is 4.06. The largest absolute Gasteiger partial charge is 0.384 e. The summed E-state index contributed by atoms with van der Waals surface area (Å²) in [7, 11) is 3.94. The molecule has 3 heterocycles. The molecule has 0 saturated carbocycles. The summed E-state index contributed by atoms with van der Waals surface area (Å²) in [6.45, 7) is 3.01. The van der Waals surface area contributed by atoms with Crippen molar-refractivity contribution >= 4 is 17.6 Å². The van der Waals surface area contributed by atoms with Gasteiger partial charge in [0, 0.05) is 45.0 Å². The predicted molar refractivity (Wildman–Crippen MR) is 87.0 cm³/mol. The van der Waals surface area contributed by atoms with Crippen molar-refractivity contribution in [3.05, 3.63) is 24.4 Å². The number of ether oxygens (including phenoxy) is 1. The lowest BCUT2D eigenvalue weighted by molar-refractivity contribution is 0.122. The first-order valence-electron chi connectivity index (χ1n) is 7.24. The number of nitrogens with zero attached hydrogens (tertiary/aromatic N) is 5. The summed E-state index contributed by atoms with van der Waals surface area (Å²) in [6.07, 6.45) is 1.74. The van der Waals surface area contributed by atoms with Crippen LogP contribution in [-0.2, 0) is 4.74 Å². The summed E-state index contributed by atoms with van der Waals surface area (Å²) >= 11 is 0. The number of nitrogens with two attached hydrogens (primary N) is 1. The zero-order valence-corrected chi connectivity index (χ0v) is 12.9. The van der Waals surface area contributed by atoms with Crippen LogP contribution in [0.2, 0.25) is 0 Å². The van der Waals surface area contributed by atoms with Crippen LogP contribution in [0.15, 0.2) is 24.4 Å². The monoisotopic (exact) mass is 300 g/mol. The second-order valence-electron chi connectivity index (χ2n) is 5.38. The third-order valence-electron chi connectivity index (χ3n) is 3.54. The van der Waals surface area contributed by atoms with Gasteiger partial charge in [-0.1, -0.05) is 0 Å². The second kappa shape index (κ2) is 6.15. The molecule has 0 radical (unpaired) electrons. The molecule has 0 spiro atoms. The van der Waals surface area contributed by atoms with Crippen molar-refractivity contribution in [1.29, 1.82) is 0 Å². The molecule has 1 aliphatic heterocycles. The van der Waals surface area contributed by atoms with Crippen molar-refractivity contribution < 1.29 is 4.74 Å². The first-order chi connectivity index (χ1) is 10.6. The minimum atomic E-state index is 0.499. The van der Waals surface area contributed by atoms with Gasteiger partial charge in [-0.3, -0.25) is 0 Å². The van der Waals surface area contributed by atoms with Crippen LogP contribution in [0.4, 0.5) is 17.6 Å². The number of hydrogen-bond donors (Lipinski definition) is 1. The van der Waals surface area contributed by atoms with E-state index in [0.717, 1.165) is 36.1 Å². The zero-order valence-electron chi connectivity index (χ0n) is 12.9. The van der Waals surface area contributed by atoms with E-state index in [0.29, 0.717) is 19.0 Å². The fourth-order valence-electron chi connectivity index (χ4n) is 2.26. The van der Waals surface area contributed by atoms with Gasteiger partial charge in [0.15, 0.2) is 0 Å². The molecule has 0 amide bonds. The maximum Gasteiger partial charge on any atom is 0.228 e. The van der Waals surface area contributed by atoms with Crippen molar-refractivity contribution in [2.75, 3.05) is 55.9 Å². The van der Waals surface area contributed by atoms with E-state index in [1.54, 1.807) is 12.3 Å². The average Bonchev–Trinajstić information content (AvgIpc) is 2.56. The summed E-state index contributed by atoms with van der Waals surface area (Å²) < 4.78 is 5.40. The Morgan fingerprint density at radius 1 is 1.18 bits per heavy atom. The highest BCUT2D eigenvalue weighted by molar-refractivity contribution is 5.65.